The van der Waals surface area contributed by atoms with E-state index < -0.39 is 0 Å². The Kier molecular flexibility index (Phi) is 13.7. The molecule has 194 valence electrons. The second kappa shape index (κ2) is 16.2. The number of hydrogen-bond acceptors (Lipinski definition) is 6. The highest BCUT2D eigenvalue weighted by Gasteiger charge is 2.38. The number of carbonyl (C=O) groups is 1. The van der Waals surface area contributed by atoms with Gasteiger partial charge in [0.25, 0.3) is 5.88 Å². The van der Waals surface area contributed by atoms with Crippen molar-refractivity contribution in [1.29, 1.82) is 0 Å². The van der Waals surface area contributed by atoms with Gasteiger partial charge in [0, 0.05) is 24.8 Å². The van der Waals surface area contributed by atoms with Gasteiger partial charge in [0.2, 0.25) is 6.23 Å². The van der Waals surface area contributed by atoms with Gasteiger partial charge in [-0.2, -0.15) is 4.37 Å². The van der Waals surface area contributed by atoms with Gasteiger partial charge in [-0.25, -0.2) is 0 Å². The first-order valence-electron chi connectivity index (χ1n) is 13.7. The van der Waals surface area contributed by atoms with Crippen LogP contribution >= 0.6 is 11.7 Å². The number of esters is 1. The van der Waals surface area contributed by atoms with Gasteiger partial charge in [-0.15, -0.1) is 4.37 Å². The molecule has 0 N–H and O–H groups in total. The molecular formula is C27H48N3O3S+. The van der Waals surface area contributed by atoms with Gasteiger partial charge < -0.3 is 9.47 Å². The zero-order chi connectivity index (χ0) is 24.7. The molecule has 7 heteroatoms. The lowest BCUT2D eigenvalue weighted by molar-refractivity contribution is -0.947. The molecule has 0 aliphatic carbocycles. The average molecular weight is 495 g/mol. The first-order chi connectivity index (χ1) is 16.5. The summed E-state index contributed by atoms with van der Waals surface area (Å²) in [5.41, 5.74) is 2.03. The highest BCUT2D eigenvalue weighted by molar-refractivity contribution is 6.99. The summed E-state index contributed by atoms with van der Waals surface area (Å²) in [6.45, 7) is 8.98. The van der Waals surface area contributed by atoms with E-state index in [-0.39, 0.29) is 12.2 Å². The number of nitrogens with zero attached hydrogens (tertiary/aromatic N) is 3. The van der Waals surface area contributed by atoms with E-state index in [1.807, 2.05) is 0 Å². The lowest BCUT2D eigenvalue weighted by atomic mass is 10.0. The number of rotatable bonds is 18. The average Bonchev–Trinajstić information content (AvgIpc) is 3.30. The number of carbonyl (C=O) groups excluding carboxylic acids is 1. The Morgan fingerprint density at radius 2 is 1.68 bits per heavy atom. The monoisotopic (exact) mass is 494 g/mol. The van der Waals surface area contributed by atoms with Gasteiger partial charge in [0.05, 0.1) is 31.9 Å². The highest BCUT2D eigenvalue weighted by Crippen LogP contribution is 2.32. The van der Waals surface area contributed by atoms with Crippen molar-refractivity contribution in [2.45, 2.75) is 117 Å². The third kappa shape index (κ3) is 9.65. The summed E-state index contributed by atoms with van der Waals surface area (Å²) in [5.74, 6) is 0.604. The van der Waals surface area contributed by atoms with E-state index in [0.29, 0.717) is 23.4 Å². The molecule has 0 aromatic carbocycles. The summed E-state index contributed by atoms with van der Waals surface area (Å²) in [6.07, 6.45) is 17.5. The Morgan fingerprint density at radius 3 is 2.38 bits per heavy atom. The Hall–Kier alpha value is -1.47. The van der Waals surface area contributed by atoms with Crippen molar-refractivity contribution in [1.82, 2.24) is 8.75 Å². The van der Waals surface area contributed by atoms with E-state index in [1.54, 1.807) is 0 Å². The van der Waals surface area contributed by atoms with E-state index in [9.17, 15) is 4.79 Å². The Labute approximate surface area is 212 Å². The standard InChI is InChI=1S/C27H48N3O3S/c1-5-8-10-12-13-14-15-19-25(31)33-24(7-3)30(4)20-17-18-23(22-30)26-27(29-34-28-26)32-21-16-11-9-6-2/h18,24H,5-17,19-22H2,1-4H3/q+1. The van der Waals surface area contributed by atoms with Gasteiger partial charge >= 0.3 is 5.97 Å². The van der Waals surface area contributed by atoms with Crippen molar-refractivity contribution in [2.75, 3.05) is 26.7 Å². The molecule has 6 nitrogen and oxygen atoms in total. The third-order valence-corrected chi connectivity index (χ3v) is 7.37. The van der Waals surface area contributed by atoms with Crippen LogP contribution < -0.4 is 4.74 Å². The maximum Gasteiger partial charge on any atom is 0.310 e. The van der Waals surface area contributed by atoms with Crippen molar-refractivity contribution in [3.05, 3.63) is 11.8 Å². The van der Waals surface area contributed by atoms with Crippen LogP contribution in [-0.4, -0.2) is 52.2 Å². The van der Waals surface area contributed by atoms with Crippen LogP contribution in [0.15, 0.2) is 6.08 Å². The van der Waals surface area contributed by atoms with Gasteiger partial charge in [-0.05, 0) is 12.8 Å². The SMILES string of the molecule is CCCCCCCCCC(=O)OC(CC)[N+]1(C)CCC=C(c2nsnc2OCCCCCC)C1. The lowest BCUT2D eigenvalue weighted by Crippen LogP contribution is -2.56. The van der Waals surface area contributed by atoms with E-state index in [4.69, 9.17) is 9.47 Å². The van der Waals surface area contributed by atoms with Crippen molar-refractivity contribution in [3.8, 4) is 5.88 Å². The first kappa shape index (κ1) is 28.8. The maximum atomic E-state index is 12.6. The van der Waals surface area contributed by atoms with Gasteiger partial charge in [0.15, 0.2) is 0 Å². The van der Waals surface area contributed by atoms with Gasteiger partial charge in [0.1, 0.15) is 12.2 Å². The van der Waals surface area contributed by atoms with Crippen LogP contribution in [0.2, 0.25) is 0 Å². The Bertz CT molecular complexity index is 736. The van der Waals surface area contributed by atoms with Crippen molar-refractivity contribution < 1.29 is 18.8 Å². The Morgan fingerprint density at radius 1 is 1.00 bits per heavy atom. The fourth-order valence-electron chi connectivity index (χ4n) is 4.74. The first-order valence-corrected chi connectivity index (χ1v) is 14.5. The van der Waals surface area contributed by atoms with E-state index in [1.165, 1.54) is 63.1 Å². The highest BCUT2D eigenvalue weighted by atomic mass is 32.1. The van der Waals surface area contributed by atoms with Crippen LogP contribution in [0.4, 0.5) is 0 Å². The quantitative estimate of drug-likeness (QED) is 0.123. The topological polar surface area (TPSA) is 61.3 Å². The smallest absolute Gasteiger partial charge is 0.310 e. The lowest BCUT2D eigenvalue weighted by Gasteiger charge is -2.42. The van der Waals surface area contributed by atoms with E-state index in [2.05, 4.69) is 42.6 Å². The van der Waals surface area contributed by atoms with Crippen molar-refractivity contribution >= 4 is 23.3 Å². The second-order valence-corrected chi connectivity index (χ2v) is 10.5. The molecule has 2 atom stereocenters. The minimum absolute atomic E-state index is 0.0534. The van der Waals surface area contributed by atoms with E-state index >= 15 is 0 Å². The molecule has 0 saturated carbocycles. The molecule has 1 aromatic heterocycles. The number of hydrogen-bond donors (Lipinski definition) is 0. The number of quaternary nitrogens is 1. The summed E-state index contributed by atoms with van der Waals surface area (Å²) in [4.78, 5) is 12.6. The predicted molar refractivity (Wildman–Crippen MR) is 141 cm³/mol. The minimum atomic E-state index is -0.134. The molecular weight excluding hydrogens is 446 g/mol. The van der Waals surface area contributed by atoms with Crippen LogP contribution in [0, 0.1) is 0 Å². The summed E-state index contributed by atoms with van der Waals surface area (Å²) in [5, 5.41) is 0. The molecule has 0 spiro atoms. The number of ether oxygens (including phenoxy) is 2. The van der Waals surface area contributed by atoms with Gasteiger partial charge in [-0.1, -0.05) is 84.6 Å². The molecule has 1 aliphatic heterocycles. The Balaban J connectivity index is 1.85. The molecule has 0 bridgehead atoms. The molecule has 0 radical (unpaired) electrons. The molecule has 34 heavy (non-hydrogen) atoms. The van der Waals surface area contributed by atoms with Crippen LogP contribution in [0.5, 0.6) is 5.88 Å². The fraction of sp³-hybridized carbons (Fsp3) is 0.815. The molecule has 2 rings (SSSR count). The van der Waals surface area contributed by atoms with Crippen LogP contribution in [0.1, 0.15) is 116 Å². The summed E-state index contributed by atoms with van der Waals surface area (Å²) >= 11 is 1.21. The molecule has 0 saturated heterocycles. The molecule has 0 fully saturated rings. The molecule has 1 aliphatic rings. The zero-order valence-corrected chi connectivity index (χ0v) is 23.0. The summed E-state index contributed by atoms with van der Waals surface area (Å²) in [6, 6.07) is 0. The third-order valence-electron chi connectivity index (χ3n) is 6.86. The normalized spacial score (nSPS) is 19.0. The van der Waals surface area contributed by atoms with Gasteiger partial charge in [-0.3, -0.25) is 9.28 Å². The molecule has 2 unspecified atom stereocenters. The second-order valence-electron chi connectivity index (χ2n) is 9.93. The maximum absolute atomic E-state index is 12.6. The van der Waals surface area contributed by atoms with Crippen LogP contribution in [-0.2, 0) is 9.53 Å². The summed E-state index contributed by atoms with van der Waals surface area (Å²) in [7, 11) is 2.20. The predicted octanol–water partition coefficient (Wildman–Crippen LogP) is 7.15. The van der Waals surface area contributed by atoms with Crippen LogP contribution in [0.3, 0.4) is 0 Å². The summed E-state index contributed by atoms with van der Waals surface area (Å²) < 4.78 is 21.7. The fourth-order valence-corrected chi connectivity index (χ4v) is 5.27. The van der Waals surface area contributed by atoms with Crippen molar-refractivity contribution in [3.63, 3.8) is 0 Å². The minimum Gasteiger partial charge on any atom is -0.475 e. The van der Waals surface area contributed by atoms with E-state index in [0.717, 1.165) is 56.5 Å². The number of unbranched alkanes of at least 4 members (excludes halogenated alkanes) is 9. The molecule has 2 heterocycles. The molecule has 1 aromatic rings. The zero-order valence-electron chi connectivity index (χ0n) is 22.2. The number of aromatic nitrogens is 2. The number of likely N-dealkylation sites (N-methyl/N-ethyl adjacent to an activating group) is 1. The molecule has 0 amide bonds. The van der Waals surface area contributed by atoms with Crippen LogP contribution in [0.25, 0.3) is 5.57 Å². The van der Waals surface area contributed by atoms with Crippen molar-refractivity contribution in [2.24, 2.45) is 0 Å². The largest absolute Gasteiger partial charge is 0.475 e.